The van der Waals surface area contributed by atoms with Crippen molar-refractivity contribution in [3.8, 4) is 11.3 Å². The van der Waals surface area contributed by atoms with Crippen molar-refractivity contribution in [1.82, 2.24) is 20.1 Å². The van der Waals surface area contributed by atoms with Crippen LogP contribution in [-0.4, -0.2) is 27.2 Å². The second-order valence-corrected chi connectivity index (χ2v) is 8.77. The maximum absolute atomic E-state index is 12.7. The summed E-state index contributed by atoms with van der Waals surface area (Å²) in [6, 6.07) is 18.2. The fraction of sp³-hybridized carbons (Fsp3) is 0.208. The van der Waals surface area contributed by atoms with Gasteiger partial charge in [0.15, 0.2) is 0 Å². The zero-order chi connectivity index (χ0) is 21.8. The number of aromatic nitrogens is 3. The minimum absolute atomic E-state index is 0.198. The summed E-state index contributed by atoms with van der Waals surface area (Å²) in [4.78, 5) is 17.2. The third kappa shape index (κ3) is 5.03. The van der Waals surface area contributed by atoms with E-state index in [4.69, 9.17) is 11.6 Å². The Morgan fingerprint density at radius 3 is 2.48 bits per heavy atom. The van der Waals surface area contributed by atoms with Crippen LogP contribution in [0.1, 0.15) is 32.2 Å². The minimum atomic E-state index is -0.198. The van der Waals surface area contributed by atoms with Crippen LogP contribution in [0, 0.1) is 13.8 Å². The van der Waals surface area contributed by atoms with Crippen LogP contribution >= 0.6 is 22.9 Å². The molecule has 1 N–H and O–H groups in total. The molecule has 2 heterocycles. The third-order valence-corrected chi connectivity index (χ3v) is 6.19. The summed E-state index contributed by atoms with van der Waals surface area (Å²) < 4.78 is 1.67. The molecule has 4 aromatic rings. The molecule has 4 rings (SSSR count). The minimum Gasteiger partial charge on any atom is -0.352 e. The van der Waals surface area contributed by atoms with E-state index in [9.17, 15) is 4.79 Å². The standard InChI is InChI=1S/C24H23ClN4OS/c1-16-22(23(25)29(28-16)14-19-6-4-3-5-7-19)24(30)26-13-12-18-8-10-20(11-9-18)21-15-31-17(2)27-21/h3-11,15H,12-14H2,1-2H3,(H,26,30). The highest BCUT2D eigenvalue weighted by Gasteiger charge is 2.20. The van der Waals surface area contributed by atoms with Gasteiger partial charge in [0.1, 0.15) is 5.15 Å². The summed E-state index contributed by atoms with van der Waals surface area (Å²) in [5, 5.41) is 10.9. The quantitative estimate of drug-likeness (QED) is 0.415. The van der Waals surface area contributed by atoms with Crippen molar-refractivity contribution in [3.63, 3.8) is 0 Å². The molecule has 0 atom stereocenters. The molecule has 0 saturated carbocycles. The number of nitrogens with one attached hydrogen (secondary N) is 1. The number of hydrogen-bond acceptors (Lipinski definition) is 4. The Labute approximate surface area is 190 Å². The molecule has 0 radical (unpaired) electrons. The molecule has 5 nitrogen and oxygen atoms in total. The van der Waals surface area contributed by atoms with Crippen molar-refractivity contribution in [1.29, 1.82) is 0 Å². The fourth-order valence-electron chi connectivity index (χ4n) is 3.42. The van der Waals surface area contributed by atoms with Crippen molar-refractivity contribution >= 4 is 28.8 Å². The van der Waals surface area contributed by atoms with E-state index in [2.05, 4.69) is 45.0 Å². The Kier molecular flexibility index (Phi) is 6.49. The van der Waals surface area contributed by atoms with Gasteiger partial charge < -0.3 is 5.32 Å². The SMILES string of the molecule is Cc1nc(-c2ccc(CCNC(=O)c3c(C)nn(Cc4ccccc4)c3Cl)cc2)cs1. The van der Waals surface area contributed by atoms with Crippen molar-refractivity contribution in [2.45, 2.75) is 26.8 Å². The van der Waals surface area contributed by atoms with Crippen LogP contribution in [0.3, 0.4) is 0 Å². The van der Waals surface area contributed by atoms with Crippen molar-refractivity contribution in [3.05, 3.63) is 92.5 Å². The Bertz CT molecular complexity index is 1180. The van der Waals surface area contributed by atoms with E-state index in [0.717, 1.165) is 33.8 Å². The van der Waals surface area contributed by atoms with Crippen LogP contribution in [-0.2, 0) is 13.0 Å². The van der Waals surface area contributed by atoms with Crippen molar-refractivity contribution in [2.24, 2.45) is 0 Å². The molecular formula is C24H23ClN4OS. The van der Waals surface area contributed by atoms with Crippen LogP contribution in [0.5, 0.6) is 0 Å². The predicted octanol–water partition coefficient (Wildman–Crippen LogP) is 5.30. The average molecular weight is 451 g/mol. The maximum Gasteiger partial charge on any atom is 0.256 e. The summed E-state index contributed by atoms with van der Waals surface area (Å²) >= 11 is 8.13. The molecular weight excluding hydrogens is 428 g/mol. The maximum atomic E-state index is 12.7. The average Bonchev–Trinajstić information content (AvgIpc) is 3.32. The summed E-state index contributed by atoms with van der Waals surface area (Å²) in [6.07, 6.45) is 0.733. The van der Waals surface area contributed by atoms with E-state index in [1.807, 2.05) is 37.3 Å². The van der Waals surface area contributed by atoms with E-state index in [0.29, 0.717) is 29.5 Å². The lowest BCUT2D eigenvalue weighted by Gasteiger charge is -2.07. The molecule has 0 saturated heterocycles. The number of carbonyl (C=O) groups excluding carboxylic acids is 1. The van der Waals surface area contributed by atoms with Crippen molar-refractivity contribution in [2.75, 3.05) is 6.54 Å². The van der Waals surface area contributed by atoms with E-state index in [1.165, 1.54) is 0 Å². The number of aryl methyl sites for hydroxylation is 2. The van der Waals surface area contributed by atoms with Gasteiger partial charge in [0.25, 0.3) is 5.91 Å². The third-order valence-electron chi connectivity index (χ3n) is 5.04. The summed E-state index contributed by atoms with van der Waals surface area (Å²) in [6.45, 7) is 4.86. The number of nitrogens with zero attached hydrogens (tertiary/aromatic N) is 3. The molecule has 0 spiro atoms. The molecule has 2 aromatic heterocycles. The van der Waals surface area contributed by atoms with Gasteiger partial charge in [-0.15, -0.1) is 11.3 Å². The van der Waals surface area contributed by atoms with Crippen LogP contribution < -0.4 is 5.32 Å². The fourth-order valence-corrected chi connectivity index (χ4v) is 4.36. The van der Waals surface area contributed by atoms with Gasteiger partial charge in [0.2, 0.25) is 0 Å². The summed E-state index contributed by atoms with van der Waals surface area (Å²) in [5.74, 6) is -0.198. The Balaban J connectivity index is 1.36. The second-order valence-electron chi connectivity index (χ2n) is 7.35. The molecule has 158 valence electrons. The van der Waals surface area contributed by atoms with E-state index >= 15 is 0 Å². The van der Waals surface area contributed by atoms with Gasteiger partial charge in [0.05, 0.1) is 28.5 Å². The Morgan fingerprint density at radius 2 is 1.81 bits per heavy atom. The van der Waals surface area contributed by atoms with Crippen LogP contribution in [0.2, 0.25) is 5.15 Å². The predicted molar refractivity (Wildman–Crippen MR) is 126 cm³/mol. The number of amides is 1. The van der Waals surface area contributed by atoms with Gasteiger partial charge in [0, 0.05) is 17.5 Å². The van der Waals surface area contributed by atoms with Crippen LogP contribution in [0.4, 0.5) is 0 Å². The van der Waals surface area contributed by atoms with Crippen LogP contribution in [0.15, 0.2) is 60.0 Å². The highest BCUT2D eigenvalue weighted by atomic mass is 35.5. The zero-order valence-electron chi connectivity index (χ0n) is 17.4. The molecule has 0 aliphatic rings. The number of rotatable bonds is 7. The molecule has 31 heavy (non-hydrogen) atoms. The lowest BCUT2D eigenvalue weighted by atomic mass is 10.1. The topological polar surface area (TPSA) is 59.8 Å². The first-order valence-corrected chi connectivity index (χ1v) is 11.3. The van der Waals surface area contributed by atoms with E-state index in [-0.39, 0.29) is 5.91 Å². The van der Waals surface area contributed by atoms with Gasteiger partial charge in [-0.25, -0.2) is 9.67 Å². The second kappa shape index (κ2) is 9.45. The van der Waals surface area contributed by atoms with Crippen molar-refractivity contribution < 1.29 is 4.79 Å². The van der Waals surface area contributed by atoms with Gasteiger partial charge in [-0.3, -0.25) is 4.79 Å². The van der Waals surface area contributed by atoms with Gasteiger partial charge in [-0.05, 0) is 31.4 Å². The number of benzene rings is 2. The Morgan fingerprint density at radius 1 is 1.06 bits per heavy atom. The first-order chi connectivity index (χ1) is 15.0. The molecule has 1 amide bonds. The van der Waals surface area contributed by atoms with E-state index in [1.54, 1.807) is 22.9 Å². The van der Waals surface area contributed by atoms with Gasteiger partial charge in [-0.2, -0.15) is 5.10 Å². The van der Waals surface area contributed by atoms with Gasteiger partial charge in [-0.1, -0.05) is 66.2 Å². The molecule has 0 aliphatic heterocycles. The number of hydrogen-bond donors (Lipinski definition) is 1. The zero-order valence-corrected chi connectivity index (χ0v) is 19.0. The summed E-state index contributed by atoms with van der Waals surface area (Å²) in [7, 11) is 0. The highest BCUT2D eigenvalue weighted by molar-refractivity contribution is 7.09. The smallest absolute Gasteiger partial charge is 0.256 e. The molecule has 0 bridgehead atoms. The summed E-state index contributed by atoms with van der Waals surface area (Å²) in [5.41, 5.74) is 5.40. The lowest BCUT2D eigenvalue weighted by Crippen LogP contribution is -2.26. The van der Waals surface area contributed by atoms with E-state index < -0.39 is 0 Å². The molecule has 0 aliphatic carbocycles. The normalized spacial score (nSPS) is 10.9. The largest absolute Gasteiger partial charge is 0.352 e. The monoisotopic (exact) mass is 450 g/mol. The number of carbonyl (C=O) groups is 1. The number of halogens is 1. The number of thiazole rings is 1. The Hall–Kier alpha value is -2.96. The van der Waals surface area contributed by atoms with Crippen LogP contribution in [0.25, 0.3) is 11.3 Å². The molecule has 0 fully saturated rings. The highest BCUT2D eigenvalue weighted by Crippen LogP contribution is 2.23. The molecule has 2 aromatic carbocycles. The van der Waals surface area contributed by atoms with Gasteiger partial charge >= 0.3 is 0 Å². The molecule has 7 heteroatoms. The first kappa shape index (κ1) is 21.3. The first-order valence-electron chi connectivity index (χ1n) is 10.1. The lowest BCUT2D eigenvalue weighted by molar-refractivity contribution is 0.0953. The molecule has 0 unspecified atom stereocenters.